The molecule has 0 radical (unpaired) electrons. The topological polar surface area (TPSA) is 91.7 Å². The zero-order chi connectivity index (χ0) is 15.4. The number of phenolic OH excluding ortho intramolecular Hbond substituents is 1. The minimum atomic E-state index is 0.282. The van der Waals surface area contributed by atoms with E-state index in [1.807, 2.05) is 18.2 Å². The average Bonchev–Trinajstić information content (AvgIpc) is 2.97. The molecule has 2 aromatic rings. The van der Waals surface area contributed by atoms with Crippen LogP contribution in [0.15, 0.2) is 28.8 Å². The highest BCUT2D eigenvalue weighted by Crippen LogP contribution is 2.14. The van der Waals surface area contributed by atoms with Gasteiger partial charge >= 0.3 is 0 Å². The highest BCUT2D eigenvalue weighted by molar-refractivity contribution is 5.27. The van der Waals surface area contributed by atoms with E-state index in [-0.39, 0.29) is 6.54 Å². The summed E-state index contributed by atoms with van der Waals surface area (Å²) in [5.74, 6) is 1.50. The number of benzene rings is 1. The van der Waals surface area contributed by atoms with Crippen molar-refractivity contribution in [3.05, 3.63) is 41.5 Å². The molecule has 3 rings (SSSR count). The SMILES string of the molecule is NCc1nc(CN2CCN(Cc3cccc(O)c3)CC2)no1. The lowest BCUT2D eigenvalue weighted by atomic mass is 10.2. The van der Waals surface area contributed by atoms with E-state index in [1.165, 1.54) is 0 Å². The minimum absolute atomic E-state index is 0.282. The number of aromatic hydroxyl groups is 1. The molecule has 2 heterocycles. The molecule has 1 saturated heterocycles. The Bertz CT molecular complexity index is 607. The van der Waals surface area contributed by atoms with Crippen molar-refractivity contribution in [2.75, 3.05) is 26.2 Å². The molecule has 0 saturated carbocycles. The third kappa shape index (κ3) is 3.82. The number of aromatic nitrogens is 2. The summed E-state index contributed by atoms with van der Waals surface area (Å²) in [6, 6.07) is 7.44. The fourth-order valence-corrected chi connectivity index (χ4v) is 2.66. The molecule has 0 amide bonds. The lowest BCUT2D eigenvalue weighted by Gasteiger charge is -2.34. The van der Waals surface area contributed by atoms with Crippen molar-refractivity contribution in [2.24, 2.45) is 5.73 Å². The van der Waals surface area contributed by atoms with E-state index >= 15 is 0 Å². The van der Waals surface area contributed by atoms with Crippen LogP contribution in [0.5, 0.6) is 5.75 Å². The van der Waals surface area contributed by atoms with Gasteiger partial charge < -0.3 is 15.4 Å². The van der Waals surface area contributed by atoms with Gasteiger partial charge in [0, 0.05) is 32.7 Å². The van der Waals surface area contributed by atoms with Gasteiger partial charge in [0.25, 0.3) is 0 Å². The summed E-state index contributed by atoms with van der Waals surface area (Å²) in [6.07, 6.45) is 0. The largest absolute Gasteiger partial charge is 0.508 e. The second kappa shape index (κ2) is 6.87. The first-order valence-electron chi connectivity index (χ1n) is 7.47. The van der Waals surface area contributed by atoms with Crippen molar-refractivity contribution in [1.29, 1.82) is 0 Å². The van der Waals surface area contributed by atoms with Crippen LogP contribution in [0.4, 0.5) is 0 Å². The molecule has 1 aromatic carbocycles. The van der Waals surface area contributed by atoms with Gasteiger partial charge in [-0.3, -0.25) is 9.80 Å². The maximum Gasteiger partial charge on any atom is 0.240 e. The lowest BCUT2D eigenvalue weighted by Crippen LogP contribution is -2.45. The highest BCUT2D eigenvalue weighted by atomic mass is 16.5. The Kier molecular flexibility index (Phi) is 4.67. The molecule has 3 N–H and O–H groups in total. The number of nitrogens with two attached hydrogens (primary N) is 1. The fraction of sp³-hybridized carbons (Fsp3) is 0.467. The minimum Gasteiger partial charge on any atom is -0.508 e. The summed E-state index contributed by atoms with van der Waals surface area (Å²) in [4.78, 5) is 8.92. The molecule has 22 heavy (non-hydrogen) atoms. The molecule has 0 aliphatic carbocycles. The molecule has 7 heteroatoms. The maximum absolute atomic E-state index is 9.51. The van der Waals surface area contributed by atoms with Gasteiger partial charge in [-0.1, -0.05) is 17.3 Å². The zero-order valence-electron chi connectivity index (χ0n) is 12.5. The summed E-state index contributed by atoms with van der Waals surface area (Å²) in [5, 5.41) is 13.4. The number of nitrogens with zero attached hydrogens (tertiary/aromatic N) is 4. The Labute approximate surface area is 129 Å². The van der Waals surface area contributed by atoms with Crippen molar-refractivity contribution in [3.8, 4) is 5.75 Å². The van der Waals surface area contributed by atoms with Crippen LogP contribution in [0.2, 0.25) is 0 Å². The fourth-order valence-electron chi connectivity index (χ4n) is 2.66. The molecule has 1 aliphatic rings. The molecular weight excluding hydrogens is 282 g/mol. The predicted molar refractivity (Wildman–Crippen MR) is 80.9 cm³/mol. The Morgan fingerprint density at radius 3 is 2.50 bits per heavy atom. The monoisotopic (exact) mass is 303 g/mol. The molecule has 0 bridgehead atoms. The van der Waals surface area contributed by atoms with Crippen LogP contribution in [0.25, 0.3) is 0 Å². The first kappa shape index (κ1) is 15.0. The Balaban J connectivity index is 1.47. The first-order valence-corrected chi connectivity index (χ1v) is 7.47. The summed E-state index contributed by atoms with van der Waals surface area (Å²) in [5.41, 5.74) is 6.60. The van der Waals surface area contributed by atoms with E-state index in [0.29, 0.717) is 24.0 Å². The van der Waals surface area contributed by atoms with E-state index in [0.717, 1.165) is 38.3 Å². The van der Waals surface area contributed by atoms with Crippen LogP contribution in [0.3, 0.4) is 0 Å². The van der Waals surface area contributed by atoms with Gasteiger partial charge in [0.2, 0.25) is 5.89 Å². The molecule has 1 aliphatic heterocycles. The second-order valence-corrected chi connectivity index (χ2v) is 5.53. The quantitative estimate of drug-likeness (QED) is 0.833. The standard InChI is InChI=1S/C15H21N5O2/c16-9-15-17-14(18-22-15)11-20-6-4-19(5-7-20)10-12-2-1-3-13(21)8-12/h1-3,8,21H,4-7,9-11,16H2. The Morgan fingerprint density at radius 1 is 1.14 bits per heavy atom. The molecule has 1 fully saturated rings. The van der Waals surface area contributed by atoms with Crippen LogP contribution >= 0.6 is 0 Å². The number of phenols is 1. The van der Waals surface area contributed by atoms with Gasteiger partial charge in [-0.15, -0.1) is 0 Å². The zero-order valence-corrected chi connectivity index (χ0v) is 12.5. The maximum atomic E-state index is 9.51. The number of rotatable bonds is 5. The van der Waals surface area contributed by atoms with Gasteiger partial charge in [-0.2, -0.15) is 4.98 Å². The van der Waals surface area contributed by atoms with Gasteiger partial charge in [0.15, 0.2) is 5.82 Å². The van der Waals surface area contributed by atoms with Crippen molar-refractivity contribution in [2.45, 2.75) is 19.6 Å². The number of hydrogen-bond acceptors (Lipinski definition) is 7. The third-order valence-electron chi connectivity index (χ3n) is 3.83. The molecule has 0 unspecified atom stereocenters. The smallest absolute Gasteiger partial charge is 0.240 e. The van der Waals surface area contributed by atoms with Crippen LogP contribution in [-0.2, 0) is 19.6 Å². The lowest BCUT2D eigenvalue weighted by molar-refractivity contribution is 0.119. The van der Waals surface area contributed by atoms with Gasteiger partial charge in [-0.05, 0) is 17.7 Å². The van der Waals surface area contributed by atoms with Crippen LogP contribution < -0.4 is 5.73 Å². The first-order chi connectivity index (χ1) is 10.7. The number of piperazine rings is 1. The second-order valence-electron chi connectivity index (χ2n) is 5.53. The molecule has 1 aromatic heterocycles. The number of hydrogen-bond donors (Lipinski definition) is 2. The van der Waals surface area contributed by atoms with Crippen LogP contribution in [0.1, 0.15) is 17.3 Å². The summed E-state index contributed by atoms with van der Waals surface area (Å²) in [6.45, 7) is 5.74. The van der Waals surface area contributed by atoms with E-state index in [9.17, 15) is 5.11 Å². The molecular formula is C15H21N5O2. The van der Waals surface area contributed by atoms with Crippen LogP contribution in [0, 0.1) is 0 Å². The van der Waals surface area contributed by atoms with Crippen molar-refractivity contribution >= 4 is 0 Å². The van der Waals surface area contributed by atoms with Crippen molar-refractivity contribution in [3.63, 3.8) is 0 Å². The van der Waals surface area contributed by atoms with E-state index in [2.05, 4.69) is 19.9 Å². The van der Waals surface area contributed by atoms with E-state index < -0.39 is 0 Å². The summed E-state index contributed by atoms with van der Waals surface area (Å²) >= 11 is 0. The van der Waals surface area contributed by atoms with Gasteiger partial charge in [-0.25, -0.2) is 0 Å². The molecule has 0 spiro atoms. The van der Waals surface area contributed by atoms with E-state index in [1.54, 1.807) is 6.07 Å². The molecule has 0 atom stereocenters. The normalized spacial score (nSPS) is 17.0. The van der Waals surface area contributed by atoms with Gasteiger partial charge in [0.1, 0.15) is 5.75 Å². The van der Waals surface area contributed by atoms with Gasteiger partial charge in [0.05, 0.1) is 13.1 Å². The average molecular weight is 303 g/mol. The summed E-state index contributed by atoms with van der Waals surface area (Å²) < 4.78 is 5.02. The van der Waals surface area contributed by atoms with Crippen molar-refractivity contribution < 1.29 is 9.63 Å². The Hall–Kier alpha value is -1.96. The third-order valence-corrected chi connectivity index (χ3v) is 3.83. The predicted octanol–water partition coefficient (Wildman–Crippen LogP) is 0.552. The highest BCUT2D eigenvalue weighted by Gasteiger charge is 2.19. The van der Waals surface area contributed by atoms with Crippen molar-refractivity contribution in [1.82, 2.24) is 19.9 Å². The molecule has 7 nitrogen and oxygen atoms in total. The van der Waals surface area contributed by atoms with E-state index in [4.69, 9.17) is 10.3 Å². The summed E-state index contributed by atoms with van der Waals surface area (Å²) in [7, 11) is 0. The Morgan fingerprint density at radius 2 is 1.86 bits per heavy atom. The molecule has 118 valence electrons. The van der Waals surface area contributed by atoms with Crippen LogP contribution in [-0.4, -0.2) is 51.2 Å².